The molecule has 3 aromatic carbocycles. The molecule has 0 spiro atoms. The van der Waals surface area contributed by atoms with Crippen LogP contribution in [0.3, 0.4) is 0 Å². The number of hydrogen-bond donors (Lipinski definition) is 2. The number of amides is 2. The van der Waals surface area contributed by atoms with Crippen molar-refractivity contribution in [3.8, 4) is 5.75 Å². The number of nitrogens with one attached hydrogen (secondary N) is 2. The fraction of sp³-hybridized carbons (Fsp3) is 0.130. The van der Waals surface area contributed by atoms with E-state index in [9.17, 15) is 19.7 Å². The number of ether oxygens (including phenoxy) is 1. The normalized spacial score (nSPS) is 10.3. The van der Waals surface area contributed by atoms with Crippen LogP contribution in [-0.2, 0) is 6.42 Å². The predicted octanol–water partition coefficient (Wildman–Crippen LogP) is 4.48. The molecule has 2 amide bonds. The monoisotopic (exact) mass is 453 g/mol. The van der Waals surface area contributed by atoms with Crippen LogP contribution in [0.5, 0.6) is 5.75 Å². The summed E-state index contributed by atoms with van der Waals surface area (Å²) in [6, 6.07) is 17.7. The van der Waals surface area contributed by atoms with Gasteiger partial charge in [0.2, 0.25) is 0 Å². The minimum atomic E-state index is -0.599. The number of non-ortho nitro benzene ring substituents is 1. The number of benzene rings is 3. The standard InChI is InChI=1S/C23H20ClN3O5/c1-32-21-9-5-2-6-15(21)12-13-25-22(28)18-7-3-4-8-20(18)26-23(29)17-11-10-16(27(30)31)14-19(17)24/h2-11,14H,12-13H2,1H3,(H,25,28)(H,26,29). The second-order valence-electron chi connectivity index (χ2n) is 6.74. The van der Waals surface area contributed by atoms with Gasteiger partial charge in [0, 0.05) is 18.7 Å². The van der Waals surface area contributed by atoms with Crippen LogP contribution in [0.25, 0.3) is 0 Å². The van der Waals surface area contributed by atoms with E-state index in [2.05, 4.69) is 10.6 Å². The Hall–Kier alpha value is -3.91. The Morgan fingerprint density at radius 3 is 2.44 bits per heavy atom. The summed E-state index contributed by atoms with van der Waals surface area (Å²) in [5.41, 5.74) is 1.37. The molecule has 2 N–H and O–H groups in total. The number of methoxy groups -OCH3 is 1. The zero-order valence-corrected chi connectivity index (χ0v) is 17.9. The fourth-order valence-electron chi connectivity index (χ4n) is 3.10. The van der Waals surface area contributed by atoms with E-state index in [1.165, 1.54) is 12.1 Å². The van der Waals surface area contributed by atoms with Crippen molar-refractivity contribution in [1.82, 2.24) is 5.32 Å². The number of nitro groups is 1. The Bertz CT molecular complexity index is 1170. The van der Waals surface area contributed by atoms with Crippen molar-refractivity contribution in [2.75, 3.05) is 19.0 Å². The Morgan fingerprint density at radius 2 is 1.72 bits per heavy atom. The predicted molar refractivity (Wildman–Crippen MR) is 122 cm³/mol. The molecule has 9 heteroatoms. The van der Waals surface area contributed by atoms with Crippen LogP contribution in [0.2, 0.25) is 5.02 Å². The summed E-state index contributed by atoms with van der Waals surface area (Å²) in [5.74, 6) is -0.195. The van der Waals surface area contributed by atoms with Gasteiger partial charge in [-0.1, -0.05) is 41.9 Å². The first kappa shape index (κ1) is 22.8. The molecule has 0 heterocycles. The van der Waals surface area contributed by atoms with E-state index in [0.717, 1.165) is 17.4 Å². The number of carbonyl (C=O) groups excluding carboxylic acids is 2. The Kier molecular flexibility index (Phi) is 7.41. The third-order valence-electron chi connectivity index (χ3n) is 4.70. The lowest BCUT2D eigenvalue weighted by molar-refractivity contribution is -0.384. The van der Waals surface area contributed by atoms with E-state index in [4.69, 9.17) is 16.3 Å². The molecule has 164 valence electrons. The summed E-state index contributed by atoms with van der Waals surface area (Å²) in [6.07, 6.45) is 0.572. The summed E-state index contributed by atoms with van der Waals surface area (Å²) in [6.45, 7) is 0.371. The first-order chi connectivity index (χ1) is 15.4. The van der Waals surface area contributed by atoms with Crippen molar-refractivity contribution in [2.24, 2.45) is 0 Å². The Balaban J connectivity index is 1.69. The van der Waals surface area contributed by atoms with Gasteiger partial charge in [-0.15, -0.1) is 0 Å². The molecule has 0 saturated carbocycles. The van der Waals surface area contributed by atoms with Gasteiger partial charge in [-0.3, -0.25) is 19.7 Å². The van der Waals surface area contributed by atoms with Gasteiger partial charge in [0.1, 0.15) is 5.75 Å². The third kappa shape index (κ3) is 5.41. The molecule has 0 aliphatic heterocycles. The molecule has 32 heavy (non-hydrogen) atoms. The lowest BCUT2D eigenvalue weighted by atomic mass is 10.1. The molecule has 0 saturated heterocycles. The second kappa shape index (κ2) is 10.4. The number of nitrogens with zero attached hydrogens (tertiary/aromatic N) is 1. The molecular formula is C23H20ClN3O5. The number of anilines is 1. The molecule has 0 fully saturated rings. The van der Waals surface area contributed by atoms with Gasteiger partial charge in [-0.2, -0.15) is 0 Å². The molecule has 0 aliphatic carbocycles. The quantitative estimate of drug-likeness (QED) is 0.386. The van der Waals surface area contributed by atoms with Gasteiger partial charge >= 0.3 is 0 Å². The zero-order valence-electron chi connectivity index (χ0n) is 17.1. The second-order valence-corrected chi connectivity index (χ2v) is 7.15. The minimum absolute atomic E-state index is 0.0589. The highest BCUT2D eigenvalue weighted by molar-refractivity contribution is 6.34. The van der Waals surface area contributed by atoms with Crippen LogP contribution in [0.4, 0.5) is 11.4 Å². The van der Waals surface area contributed by atoms with Crippen LogP contribution in [-0.4, -0.2) is 30.4 Å². The van der Waals surface area contributed by atoms with Crippen molar-refractivity contribution >= 4 is 34.8 Å². The summed E-state index contributed by atoms with van der Waals surface area (Å²) >= 11 is 6.03. The van der Waals surface area contributed by atoms with Gasteiger partial charge in [-0.05, 0) is 36.2 Å². The SMILES string of the molecule is COc1ccccc1CCNC(=O)c1ccccc1NC(=O)c1ccc([N+](=O)[O-])cc1Cl. The lowest BCUT2D eigenvalue weighted by Gasteiger charge is -2.13. The van der Waals surface area contributed by atoms with Crippen molar-refractivity contribution in [1.29, 1.82) is 0 Å². The van der Waals surface area contributed by atoms with E-state index in [0.29, 0.717) is 18.7 Å². The van der Waals surface area contributed by atoms with E-state index < -0.39 is 10.8 Å². The molecule has 3 aromatic rings. The van der Waals surface area contributed by atoms with E-state index in [-0.39, 0.29) is 27.7 Å². The van der Waals surface area contributed by atoms with Gasteiger partial charge in [0.15, 0.2) is 0 Å². The molecule has 3 rings (SSSR count). The van der Waals surface area contributed by atoms with E-state index in [1.807, 2.05) is 24.3 Å². The number of nitro benzene ring substituents is 1. The molecular weight excluding hydrogens is 434 g/mol. The summed E-state index contributed by atoms with van der Waals surface area (Å²) < 4.78 is 5.31. The maximum Gasteiger partial charge on any atom is 0.270 e. The highest BCUT2D eigenvalue weighted by atomic mass is 35.5. The summed E-state index contributed by atoms with van der Waals surface area (Å²) in [4.78, 5) is 35.6. The zero-order chi connectivity index (χ0) is 23.1. The number of rotatable bonds is 8. The number of hydrogen-bond acceptors (Lipinski definition) is 5. The molecule has 0 atom stereocenters. The smallest absolute Gasteiger partial charge is 0.270 e. The number of para-hydroxylation sites is 2. The number of carbonyl (C=O) groups is 2. The first-order valence-corrected chi connectivity index (χ1v) is 10.0. The third-order valence-corrected chi connectivity index (χ3v) is 5.01. The van der Waals surface area contributed by atoms with Crippen LogP contribution in [0.15, 0.2) is 66.7 Å². The van der Waals surface area contributed by atoms with Gasteiger partial charge in [0.05, 0.1) is 33.9 Å². The van der Waals surface area contributed by atoms with Crippen molar-refractivity contribution in [3.05, 3.63) is 98.6 Å². The summed E-state index contributed by atoms with van der Waals surface area (Å²) in [5, 5.41) is 16.3. The Morgan fingerprint density at radius 1 is 1.00 bits per heavy atom. The highest BCUT2D eigenvalue weighted by Crippen LogP contribution is 2.24. The van der Waals surface area contributed by atoms with Crippen LogP contribution >= 0.6 is 11.6 Å². The minimum Gasteiger partial charge on any atom is -0.496 e. The average Bonchev–Trinajstić information content (AvgIpc) is 2.79. The van der Waals surface area contributed by atoms with Gasteiger partial charge in [0.25, 0.3) is 17.5 Å². The molecule has 0 aromatic heterocycles. The first-order valence-electron chi connectivity index (χ1n) is 9.65. The molecule has 8 nitrogen and oxygen atoms in total. The molecule has 0 radical (unpaired) electrons. The maximum atomic E-state index is 12.7. The van der Waals surface area contributed by atoms with Crippen LogP contribution in [0, 0.1) is 10.1 Å². The van der Waals surface area contributed by atoms with E-state index >= 15 is 0 Å². The molecule has 0 aliphatic rings. The lowest BCUT2D eigenvalue weighted by Crippen LogP contribution is -2.27. The van der Waals surface area contributed by atoms with Crippen LogP contribution in [0.1, 0.15) is 26.3 Å². The van der Waals surface area contributed by atoms with E-state index in [1.54, 1.807) is 31.4 Å². The molecule has 0 unspecified atom stereocenters. The van der Waals surface area contributed by atoms with Crippen LogP contribution < -0.4 is 15.4 Å². The van der Waals surface area contributed by atoms with Gasteiger partial charge < -0.3 is 15.4 Å². The van der Waals surface area contributed by atoms with Crippen molar-refractivity contribution in [2.45, 2.75) is 6.42 Å². The Labute approximate surface area is 189 Å². The highest BCUT2D eigenvalue weighted by Gasteiger charge is 2.18. The topological polar surface area (TPSA) is 111 Å². The maximum absolute atomic E-state index is 12.7. The average molecular weight is 454 g/mol. The van der Waals surface area contributed by atoms with Crippen molar-refractivity contribution < 1.29 is 19.2 Å². The fourth-order valence-corrected chi connectivity index (χ4v) is 3.36. The largest absolute Gasteiger partial charge is 0.496 e. The molecule has 0 bridgehead atoms. The van der Waals surface area contributed by atoms with Crippen molar-refractivity contribution in [3.63, 3.8) is 0 Å². The number of halogens is 1. The summed E-state index contributed by atoms with van der Waals surface area (Å²) in [7, 11) is 1.59. The van der Waals surface area contributed by atoms with Gasteiger partial charge in [-0.25, -0.2) is 0 Å².